The fourth-order valence-corrected chi connectivity index (χ4v) is 6.28. The Bertz CT molecular complexity index is 1460. The second kappa shape index (κ2) is 7.54. The topological polar surface area (TPSA) is 60.1 Å². The first-order chi connectivity index (χ1) is 16.2. The van der Waals surface area contributed by atoms with E-state index in [9.17, 15) is 13.6 Å². The number of aromatic nitrogens is 2. The van der Waals surface area contributed by atoms with Crippen LogP contribution < -0.4 is 5.32 Å². The molecule has 3 fully saturated rings. The third-order valence-corrected chi connectivity index (χ3v) is 8.37. The average molecular weight is 484 g/mol. The third-order valence-electron chi connectivity index (χ3n) is 8.13. The van der Waals surface area contributed by atoms with Crippen LogP contribution in [0.25, 0.3) is 27.8 Å². The van der Waals surface area contributed by atoms with Crippen molar-refractivity contribution in [3.05, 3.63) is 58.7 Å². The Hall–Kier alpha value is -2.93. The van der Waals surface area contributed by atoms with Crippen LogP contribution in [0.4, 0.5) is 8.78 Å². The molecule has 3 unspecified atom stereocenters. The summed E-state index contributed by atoms with van der Waals surface area (Å²) in [5.74, 6) is -0.0523. The maximum absolute atomic E-state index is 14.7. The lowest BCUT2D eigenvalue weighted by Crippen LogP contribution is -2.54. The number of hydrogen-bond donors (Lipinski definition) is 1. The van der Waals surface area contributed by atoms with Gasteiger partial charge in [0.15, 0.2) is 17.1 Å². The zero-order valence-corrected chi connectivity index (χ0v) is 19.6. The fraction of sp³-hybridized carbons (Fsp3) is 0.385. The van der Waals surface area contributed by atoms with Crippen LogP contribution in [-0.4, -0.2) is 22.2 Å². The standard InChI is InChI=1S/C26H24ClF2N3O2/c1-26(2)14-4-3-13(18(26)9-14)12-30-25(33)22-24-23(17-7-5-15(27)10-21(17)34-24)32(31-22)20-8-6-16(28)11-19(20)29/h5-8,10-11,13-14,18H,3-4,9,12H2,1-2H3,(H,30,33). The van der Waals surface area contributed by atoms with Gasteiger partial charge in [-0.05, 0) is 66.7 Å². The molecule has 34 heavy (non-hydrogen) atoms. The first kappa shape index (κ1) is 21.6. The Morgan fingerprint density at radius 2 is 2.06 bits per heavy atom. The van der Waals surface area contributed by atoms with Gasteiger partial charge < -0.3 is 9.73 Å². The van der Waals surface area contributed by atoms with E-state index < -0.39 is 11.6 Å². The predicted molar refractivity (Wildman–Crippen MR) is 126 cm³/mol. The van der Waals surface area contributed by atoms with E-state index in [1.165, 1.54) is 23.6 Å². The highest BCUT2D eigenvalue weighted by Gasteiger charge is 2.54. The second-order valence-corrected chi connectivity index (χ2v) is 10.6. The molecule has 8 heteroatoms. The minimum Gasteiger partial charge on any atom is -0.452 e. The van der Waals surface area contributed by atoms with Gasteiger partial charge in [0, 0.05) is 29.1 Å². The molecule has 2 aromatic heterocycles. The van der Waals surface area contributed by atoms with Gasteiger partial charge in [-0.1, -0.05) is 25.4 Å². The van der Waals surface area contributed by atoms with E-state index >= 15 is 0 Å². The number of halogens is 3. The molecule has 2 aromatic carbocycles. The molecule has 0 aliphatic heterocycles. The third kappa shape index (κ3) is 3.17. The molecular weight excluding hydrogens is 460 g/mol. The van der Waals surface area contributed by atoms with Crippen LogP contribution in [0.3, 0.4) is 0 Å². The molecule has 2 heterocycles. The van der Waals surface area contributed by atoms with Gasteiger partial charge in [0.2, 0.25) is 0 Å². The van der Waals surface area contributed by atoms with Gasteiger partial charge in [-0.3, -0.25) is 4.79 Å². The maximum Gasteiger partial charge on any atom is 0.275 e. The van der Waals surface area contributed by atoms with Crippen LogP contribution >= 0.6 is 11.6 Å². The van der Waals surface area contributed by atoms with E-state index in [1.807, 2.05) is 0 Å². The van der Waals surface area contributed by atoms with Crippen LogP contribution in [0, 0.1) is 34.8 Å². The van der Waals surface area contributed by atoms with Gasteiger partial charge in [-0.15, -0.1) is 0 Å². The fourth-order valence-electron chi connectivity index (χ4n) is 6.11. The monoisotopic (exact) mass is 483 g/mol. The number of rotatable bonds is 4. The van der Waals surface area contributed by atoms with Gasteiger partial charge in [0.25, 0.3) is 5.91 Å². The number of hydrogen-bond acceptors (Lipinski definition) is 3. The molecule has 3 aliphatic rings. The van der Waals surface area contributed by atoms with Crippen LogP contribution in [0.1, 0.15) is 43.6 Å². The first-order valence-electron chi connectivity index (χ1n) is 11.6. The highest BCUT2D eigenvalue weighted by molar-refractivity contribution is 6.31. The van der Waals surface area contributed by atoms with Crippen molar-refractivity contribution in [2.45, 2.75) is 33.1 Å². The molecule has 3 aliphatic carbocycles. The number of fused-ring (bicyclic) bond motifs is 5. The molecule has 1 N–H and O–H groups in total. The molecule has 0 spiro atoms. The van der Waals surface area contributed by atoms with Crippen molar-refractivity contribution in [1.82, 2.24) is 15.1 Å². The van der Waals surface area contributed by atoms with Gasteiger partial charge in [0.1, 0.15) is 22.6 Å². The number of nitrogens with one attached hydrogen (secondary N) is 1. The Balaban J connectivity index is 1.39. The van der Waals surface area contributed by atoms with Crippen LogP contribution in [0.15, 0.2) is 40.8 Å². The molecule has 3 atom stereocenters. The van der Waals surface area contributed by atoms with Gasteiger partial charge >= 0.3 is 0 Å². The van der Waals surface area contributed by atoms with E-state index in [4.69, 9.17) is 16.0 Å². The maximum atomic E-state index is 14.7. The molecule has 5 nitrogen and oxygen atoms in total. The van der Waals surface area contributed by atoms with Crippen molar-refractivity contribution >= 4 is 39.6 Å². The summed E-state index contributed by atoms with van der Waals surface area (Å²) in [6, 6.07) is 8.31. The summed E-state index contributed by atoms with van der Waals surface area (Å²) in [6.07, 6.45) is 3.52. The normalized spacial score (nSPS) is 23.3. The summed E-state index contributed by atoms with van der Waals surface area (Å²) in [7, 11) is 0. The number of amides is 1. The van der Waals surface area contributed by atoms with Crippen LogP contribution in [0.5, 0.6) is 0 Å². The molecule has 3 saturated carbocycles. The minimum atomic E-state index is -0.788. The average Bonchev–Trinajstić information content (AvgIpc) is 3.34. The first-order valence-corrected chi connectivity index (χ1v) is 12.0. The number of benzene rings is 2. The quantitative estimate of drug-likeness (QED) is 0.360. The highest BCUT2D eigenvalue weighted by Crippen LogP contribution is 2.61. The van der Waals surface area contributed by atoms with Gasteiger partial charge in [0.05, 0.1) is 0 Å². The van der Waals surface area contributed by atoms with Crippen LogP contribution in [-0.2, 0) is 0 Å². The SMILES string of the molecule is CC1(C)C2CCC(CNC(=O)c3nn(-c4ccc(F)cc4F)c4c3oc3cc(Cl)ccc34)C1C2. The molecule has 2 bridgehead atoms. The summed E-state index contributed by atoms with van der Waals surface area (Å²) < 4.78 is 35.5. The molecule has 0 radical (unpaired) electrons. The Morgan fingerprint density at radius 1 is 1.24 bits per heavy atom. The molecule has 1 amide bonds. The van der Waals surface area contributed by atoms with Gasteiger partial charge in [-0.25, -0.2) is 13.5 Å². The van der Waals surface area contributed by atoms with Crippen molar-refractivity contribution in [3.63, 3.8) is 0 Å². The second-order valence-electron chi connectivity index (χ2n) is 10.2. The zero-order chi connectivity index (χ0) is 23.8. The van der Waals surface area contributed by atoms with Crippen molar-refractivity contribution in [2.75, 3.05) is 6.54 Å². The predicted octanol–water partition coefficient (Wildman–Crippen LogP) is 6.51. The van der Waals surface area contributed by atoms with E-state index in [0.29, 0.717) is 45.3 Å². The number of carbonyl (C=O) groups is 1. The highest BCUT2D eigenvalue weighted by atomic mass is 35.5. The Kier molecular flexibility index (Phi) is 4.79. The lowest BCUT2D eigenvalue weighted by molar-refractivity contribution is -0.103. The van der Waals surface area contributed by atoms with Crippen LogP contribution in [0.2, 0.25) is 5.02 Å². The molecule has 176 valence electrons. The summed E-state index contributed by atoms with van der Waals surface area (Å²) >= 11 is 6.13. The summed E-state index contributed by atoms with van der Waals surface area (Å²) in [5.41, 5.74) is 1.54. The van der Waals surface area contributed by atoms with Crippen molar-refractivity contribution in [2.24, 2.45) is 23.2 Å². The van der Waals surface area contributed by atoms with E-state index in [-0.39, 0.29) is 22.9 Å². The van der Waals surface area contributed by atoms with E-state index in [0.717, 1.165) is 24.5 Å². The number of nitrogens with zero attached hydrogens (tertiary/aromatic N) is 2. The zero-order valence-electron chi connectivity index (χ0n) is 18.9. The minimum absolute atomic E-state index is 0.0256. The summed E-state index contributed by atoms with van der Waals surface area (Å²) in [4.78, 5) is 13.3. The smallest absolute Gasteiger partial charge is 0.275 e. The molecular formula is C26H24ClF2N3O2. The lowest BCUT2D eigenvalue weighted by atomic mass is 9.45. The Morgan fingerprint density at radius 3 is 2.79 bits per heavy atom. The number of furan rings is 1. The Labute approximate surface area is 200 Å². The summed E-state index contributed by atoms with van der Waals surface area (Å²) in [5, 5.41) is 8.56. The number of carbonyl (C=O) groups excluding carboxylic acids is 1. The lowest BCUT2D eigenvalue weighted by Gasteiger charge is -2.60. The van der Waals surface area contributed by atoms with E-state index in [1.54, 1.807) is 18.2 Å². The van der Waals surface area contributed by atoms with Crippen molar-refractivity contribution in [1.29, 1.82) is 0 Å². The van der Waals surface area contributed by atoms with Crippen molar-refractivity contribution < 1.29 is 18.0 Å². The summed E-state index contributed by atoms with van der Waals surface area (Å²) in [6.45, 7) is 5.20. The van der Waals surface area contributed by atoms with Gasteiger partial charge in [-0.2, -0.15) is 5.10 Å². The molecule has 7 rings (SSSR count). The largest absolute Gasteiger partial charge is 0.452 e. The van der Waals surface area contributed by atoms with Crippen molar-refractivity contribution in [3.8, 4) is 5.69 Å². The van der Waals surface area contributed by atoms with E-state index in [2.05, 4.69) is 24.3 Å². The molecule has 4 aromatic rings. The molecule has 0 saturated heterocycles.